The standard InChI is InChI=1S/C20H18BrNO4/c1-3-25-18-11-19(26-4-2)17(21)10-15(18)9-16(12-22)13-5-7-14(8-6-13)20(23)24/h5-11H,3-4H2,1-2H3,(H,23,24). The van der Waals surface area contributed by atoms with Crippen LogP contribution in [-0.4, -0.2) is 24.3 Å². The van der Waals surface area contributed by atoms with Gasteiger partial charge in [-0.15, -0.1) is 0 Å². The van der Waals surface area contributed by atoms with E-state index in [0.29, 0.717) is 35.8 Å². The lowest BCUT2D eigenvalue weighted by Gasteiger charge is -2.13. The number of carboxylic acid groups (broad SMARTS) is 1. The molecule has 0 saturated carbocycles. The van der Waals surface area contributed by atoms with Crippen molar-refractivity contribution in [2.75, 3.05) is 13.2 Å². The largest absolute Gasteiger partial charge is 0.493 e. The lowest BCUT2D eigenvalue weighted by molar-refractivity contribution is 0.0697. The van der Waals surface area contributed by atoms with E-state index in [4.69, 9.17) is 14.6 Å². The number of hydrogen-bond acceptors (Lipinski definition) is 4. The van der Waals surface area contributed by atoms with E-state index in [-0.39, 0.29) is 5.56 Å². The molecule has 5 nitrogen and oxygen atoms in total. The normalized spacial score (nSPS) is 10.9. The lowest BCUT2D eigenvalue weighted by atomic mass is 10.0. The van der Waals surface area contributed by atoms with E-state index >= 15 is 0 Å². The first-order chi connectivity index (χ1) is 12.5. The molecule has 0 aromatic heterocycles. The van der Waals surface area contributed by atoms with Crippen molar-refractivity contribution in [3.8, 4) is 17.6 Å². The molecule has 0 bridgehead atoms. The fourth-order valence-corrected chi connectivity index (χ4v) is 2.81. The second-order valence-corrected chi connectivity index (χ2v) is 6.09. The van der Waals surface area contributed by atoms with Crippen LogP contribution in [0.15, 0.2) is 40.9 Å². The predicted octanol–water partition coefficient (Wildman–Crippen LogP) is 5.01. The van der Waals surface area contributed by atoms with E-state index < -0.39 is 5.97 Å². The maximum Gasteiger partial charge on any atom is 0.335 e. The van der Waals surface area contributed by atoms with Crippen LogP contribution in [0.2, 0.25) is 0 Å². The topological polar surface area (TPSA) is 79.5 Å². The van der Waals surface area contributed by atoms with Crippen LogP contribution in [0.4, 0.5) is 0 Å². The van der Waals surface area contributed by atoms with Crippen LogP contribution in [0.1, 0.15) is 35.3 Å². The summed E-state index contributed by atoms with van der Waals surface area (Å²) < 4.78 is 12.0. The molecule has 0 aliphatic carbocycles. The highest BCUT2D eigenvalue weighted by Crippen LogP contribution is 2.35. The first-order valence-corrected chi connectivity index (χ1v) is 8.84. The van der Waals surface area contributed by atoms with E-state index in [1.807, 2.05) is 19.9 Å². The molecule has 0 unspecified atom stereocenters. The van der Waals surface area contributed by atoms with Crippen molar-refractivity contribution >= 4 is 33.5 Å². The molecule has 0 radical (unpaired) electrons. The van der Waals surface area contributed by atoms with E-state index in [9.17, 15) is 10.1 Å². The molecule has 0 heterocycles. The van der Waals surface area contributed by atoms with Crippen molar-refractivity contribution in [2.45, 2.75) is 13.8 Å². The van der Waals surface area contributed by atoms with Gasteiger partial charge in [0.1, 0.15) is 11.5 Å². The number of carboxylic acids is 1. The Kier molecular flexibility index (Phi) is 6.81. The summed E-state index contributed by atoms with van der Waals surface area (Å²) in [5.41, 5.74) is 1.93. The van der Waals surface area contributed by atoms with Crippen LogP contribution in [-0.2, 0) is 0 Å². The Morgan fingerprint density at radius 1 is 1.12 bits per heavy atom. The van der Waals surface area contributed by atoms with Gasteiger partial charge in [-0.2, -0.15) is 5.26 Å². The fraction of sp³-hybridized carbons (Fsp3) is 0.200. The Labute approximate surface area is 160 Å². The minimum atomic E-state index is -1.01. The number of carbonyl (C=O) groups is 1. The number of benzene rings is 2. The smallest absolute Gasteiger partial charge is 0.335 e. The molecular formula is C20H18BrNO4. The number of nitrogens with zero attached hydrogens (tertiary/aromatic N) is 1. The summed E-state index contributed by atoms with van der Waals surface area (Å²) in [6, 6.07) is 11.9. The van der Waals surface area contributed by atoms with Crippen LogP contribution in [0, 0.1) is 11.3 Å². The Hall–Kier alpha value is -2.78. The first kappa shape index (κ1) is 19.5. The summed E-state index contributed by atoms with van der Waals surface area (Å²) in [4.78, 5) is 11.0. The molecule has 2 aromatic carbocycles. The molecule has 0 aliphatic rings. The molecule has 0 saturated heterocycles. The zero-order valence-corrected chi connectivity index (χ0v) is 16.0. The van der Waals surface area contributed by atoms with Crippen LogP contribution < -0.4 is 9.47 Å². The molecule has 26 heavy (non-hydrogen) atoms. The monoisotopic (exact) mass is 415 g/mol. The number of aromatic carboxylic acids is 1. The van der Waals surface area contributed by atoms with Crippen molar-refractivity contribution in [3.05, 3.63) is 57.6 Å². The number of ether oxygens (including phenoxy) is 2. The minimum Gasteiger partial charge on any atom is -0.493 e. The molecule has 0 aliphatic heterocycles. The van der Waals surface area contributed by atoms with Gasteiger partial charge in [-0.3, -0.25) is 0 Å². The molecule has 0 fully saturated rings. The van der Waals surface area contributed by atoms with E-state index in [0.717, 1.165) is 10.0 Å². The van der Waals surface area contributed by atoms with Crippen molar-refractivity contribution in [1.29, 1.82) is 5.26 Å². The van der Waals surface area contributed by atoms with Gasteiger partial charge in [0.15, 0.2) is 0 Å². The third-order valence-electron chi connectivity index (χ3n) is 3.53. The highest BCUT2D eigenvalue weighted by molar-refractivity contribution is 9.10. The van der Waals surface area contributed by atoms with E-state index in [2.05, 4.69) is 22.0 Å². The third kappa shape index (κ3) is 4.64. The zero-order valence-electron chi connectivity index (χ0n) is 14.5. The SMILES string of the molecule is CCOc1cc(OCC)c(C=C(C#N)c2ccc(C(=O)O)cc2)cc1Br. The van der Waals surface area contributed by atoms with Gasteiger partial charge in [-0.1, -0.05) is 12.1 Å². The van der Waals surface area contributed by atoms with Crippen molar-refractivity contribution < 1.29 is 19.4 Å². The minimum absolute atomic E-state index is 0.171. The third-order valence-corrected chi connectivity index (χ3v) is 4.15. The second kappa shape index (κ2) is 9.07. The van der Waals surface area contributed by atoms with Gasteiger partial charge >= 0.3 is 5.97 Å². The Morgan fingerprint density at radius 3 is 2.23 bits per heavy atom. The Bertz CT molecular complexity index is 867. The zero-order chi connectivity index (χ0) is 19.1. The maximum absolute atomic E-state index is 11.0. The fourth-order valence-electron chi connectivity index (χ4n) is 2.34. The summed E-state index contributed by atoms with van der Waals surface area (Å²) >= 11 is 3.47. The van der Waals surface area contributed by atoms with Gasteiger partial charge in [-0.05, 0) is 59.6 Å². The van der Waals surface area contributed by atoms with Crippen molar-refractivity contribution in [1.82, 2.24) is 0 Å². The molecule has 2 aromatic rings. The molecule has 0 spiro atoms. The quantitative estimate of drug-likeness (QED) is 0.507. The van der Waals surface area contributed by atoms with E-state index in [1.54, 1.807) is 24.3 Å². The van der Waals surface area contributed by atoms with Gasteiger partial charge in [0, 0.05) is 11.6 Å². The number of rotatable bonds is 7. The highest BCUT2D eigenvalue weighted by Gasteiger charge is 2.11. The molecule has 134 valence electrons. The molecule has 0 amide bonds. The van der Waals surface area contributed by atoms with Gasteiger partial charge in [0.2, 0.25) is 0 Å². The number of nitriles is 1. The summed E-state index contributed by atoms with van der Waals surface area (Å²) in [7, 11) is 0. The Morgan fingerprint density at radius 2 is 1.69 bits per heavy atom. The molecule has 2 rings (SSSR count). The van der Waals surface area contributed by atoms with E-state index in [1.165, 1.54) is 12.1 Å². The van der Waals surface area contributed by atoms with Gasteiger partial charge in [0.05, 0.1) is 34.9 Å². The van der Waals surface area contributed by atoms with Crippen LogP contribution in [0.3, 0.4) is 0 Å². The summed E-state index contributed by atoms with van der Waals surface area (Å²) in [5, 5.41) is 18.5. The van der Waals surface area contributed by atoms with Crippen LogP contribution in [0.5, 0.6) is 11.5 Å². The maximum atomic E-state index is 11.0. The first-order valence-electron chi connectivity index (χ1n) is 8.04. The number of halogens is 1. The number of hydrogen-bond donors (Lipinski definition) is 1. The lowest BCUT2D eigenvalue weighted by Crippen LogP contribution is -1.98. The summed E-state index contributed by atoms with van der Waals surface area (Å²) in [6.45, 7) is 4.78. The predicted molar refractivity (Wildman–Crippen MR) is 103 cm³/mol. The van der Waals surface area contributed by atoms with Crippen LogP contribution >= 0.6 is 15.9 Å². The molecule has 6 heteroatoms. The molecule has 1 N–H and O–H groups in total. The van der Waals surface area contributed by atoms with Crippen LogP contribution in [0.25, 0.3) is 11.6 Å². The summed E-state index contributed by atoms with van der Waals surface area (Å²) in [5.74, 6) is 0.264. The van der Waals surface area contributed by atoms with Crippen molar-refractivity contribution in [2.24, 2.45) is 0 Å². The summed E-state index contributed by atoms with van der Waals surface area (Å²) in [6.07, 6.45) is 1.71. The molecular weight excluding hydrogens is 398 g/mol. The second-order valence-electron chi connectivity index (χ2n) is 5.24. The molecule has 0 atom stereocenters. The average Bonchev–Trinajstić information content (AvgIpc) is 2.63. The van der Waals surface area contributed by atoms with Crippen molar-refractivity contribution in [3.63, 3.8) is 0 Å². The van der Waals surface area contributed by atoms with Gasteiger partial charge in [-0.25, -0.2) is 4.79 Å². The number of allylic oxidation sites excluding steroid dienone is 1. The average molecular weight is 416 g/mol. The van der Waals surface area contributed by atoms with Gasteiger partial charge < -0.3 is 14.6 Å². The Balaban J connectivity index is 2.48. The highest BCUT2D eigenvalue weighted by atomic mass is 79.9. The van der Waals surface area contributed by atoms with Gasteiger partial charge in [0.25, 0.3) is 0 Å².